The monoisotopic (exact) mass is 445 g/mol. The number of rotatable bonds is 4. The van der Waals surface area contributed by atoms with Crippen molar-refractivity contribution in [2.75, 3.05) is 11.9 Å². The fourth-order valence-electron chi connectivity index (χ4n) is 3.57. The van der Waals surface area contributed by atoms with E-state index in [-0.39, 0.29) is 5.91 Å². The van der Waals surface area contributed by atoms with E-state index in [0.717, 1.165) is 28.1 Å². The molecule has 3 aromatic rings. The van der Waals surface area contributed by atoms with E-state index in [1.165, 1.54) is 34.3 Å². The second kappa shape index (κ2) is 8.17. The summed E-state index contributed by atoms with van der Waals surface area (Å²) in [7, 11) is 1.71. The largest absolute Gasteiger partial charge is 0.416 e. The number of halogens is 3. The van der Waals surface area contributed by atoms with Crippen LogP contribution in [0.25, 0.3) is 0 Å². The van der Waals surface area contributed by atoms with Crippen LogP contribution in [0.4, 0.5) is 18.2 Å². The summed E-state index contributed by atoms with van der Waals surface area (Å²) < 4.78 is 39.8. The van der Waals surface area contributed by atoms with E-state index in [1.54, 1.807) is 13.2 Å². The number of aryl methyl sites for hydroxylation is 1. The Bertz CT molecular complexity index is 1160. The summed E-state index contributed by atoms with van der Waals surface area (Å²) in [6, 6.07) is 7.37. The minimum absolute atomic E-state index is 0.329. The molecule has 0 bridgehead atoms. The van der Waals surface area contributed by atoms with Gasteiger partial charge in [0.2, 0.25) is 0 Å². The summed E-state index contributed by atoms with van der Waals surface area (Å²) in [5.74, 6) is -0.329. The normalized spacial score (nSPS) is 14.2. The highest BCUT2D eigenvalue weighted by atomic mass is 32.1. The summed E-state index contributed by atoms with van der Waals surface area (Å²) in [6.07, 6.45) is -0.653. The summed E-state index contributed by atoms with van der Waals surface area (Å²) in [5, 5.41) is 16.9. The van der Waals surface area contributed by atoms with Crippen molar-refractivity contribution in [3.8, 4) is 6.07 Å². The number of nitrogens with one attached hydrogen (secondary N) is 1. The highest BCUT2D eigenvalue weighted by Crippen LogP contribution is 2.37. The summed E-state index contributed by atoms with van der Waals surface area (Å²) in [5.41, 5.74) is 1.94. The molecule has 0 atom stereocenters. The van der Waals surface area contributed by atoms with Crippen molar-refractivity contribution < 1.29 is 18.0 Å². The Morgan fingerprint density at radius 3 is 2.68 bits per heavy atom. The molecule has 0 spiro atoms. The molecule has 2 aromatic heterocycles. The molecule has 0 saturated carbocycles. The van der Waals surface area contributed by atoms with Gasteiger partial charge in [-0.05, 0) is 29.7 Å². The predicted molar refractivity (Wildman–Crippen MR) is 109 cm³/mol. The number of aromatic nitrogens is 2. The van der Waals surface area contributed by atoms with Gasteiger partial charge in [-0.25, -0.2) is 0 Å². The molecule has 0 unspecified atom stereocenters. The first-order valence-electron chi connectivity index (χ1n) is 9.47. The molecular weight excluding hydrogens is 427 g/mol. The molecule has 10 heteroatoms. The molecule has 4 rings (SSSR count). The quantitative estimate of drug-likeness (QED) is 0.654. The number of carbonyl (C=O) groups is 1. The average molecular weight is 445 g/mol. The second-order valence-electron chi connectivity index (χ2n) is 7.33. The Kier molecular flexibility index (Phi) is 5.56. The van der Waals surface area contributed by atoms with Gasteiger partial charge in [0.15, 0.2) is 0 Å². The lowest BCUT2D eigenvalue weighted by atomic mass is 10.0. The number of nitrogens with zero attached hydrogens (tertiary/aromatic N) is 4. The average Bonchev–Trinajstić information content (AvgIpc) is 3.30. The van der Waals surface area contributed by atoms with Gasteiger partial charge in [-0.1, -0.05) is 12.1 Å². The SMILES string of the molecule is Cn1cc(C(=O)Nc2sc3c(c2C#N)CCN(Cc2ccc(C(F)(F)F)cc2)C3)cn1. The molecule has 1 amide bonds. The van der Waals surface area contributed by atoms with Gasteiger partial charge in [0.05, 0.1) is 22.9 Å². The lowest BCUT2D eigenvalue weighted by Crippen LogP contribution is -2.29. The molecule has 1 aliphatic rings. The van der Waals surface area contributed by atoms with Gasteiger partial charge in [-0.3, -0.25) is 14.4 Å². The fraction of sp³-hybridized carbons (Fsp3) is 0.286. The van der Waals surface area contributed by atoms with E-state index in [1.807, 2.05) is 0 Å². The van der Waals surface area contributed by atoms with Crippen molar-refractivity contribution in [3.05, 3.63) is 69.4 Å². The van der Waals surface area contributed by atoms with Crippen LogP contribution in [0.2, 0.25) is 0 Å². The van der Waals surface area contributed by atoms with Gasteiger partial charge in [-0.15, -0.1) is 11.3 Å². The molecule has 3 heterocycles. The van der Waals surface area contributed by atoms with Crippen LogP contribution in [0.1, 0.15) is 37.5 Å². The number of alkyl halides is 3. The number of hydrogen-bond acceptors (Lipinski definition) is 5. The Hall–Kier alpha value is -3.16. The number of anilines is 1. The Labute approximate surface area is 180 Å². The van der Waals surface area contributed by atoms with E-state index in [4.69, 9.17) is 0 Å². The topological polar surface area (TPSA) is 74.0 Å². The van der Waals surface area contributed by atoms with Crippen molar-refractivity contribution in [2.24, 2.45) is 7.05 Å². The third kappa shape index (κ3) is 4.47. The molecule has 1 N–H and O–H groups in total. The number of fused-ring (bicyclic) bond motifs is 1. The maximum atomic E-state index is 12.7. The first-order valence-corrected chi connectivity index (χ1v) is 10.3. The number of thiophene rings is 1. The maximum absolute atomic E-state index is 12.7. The van der Waals surface area contributed by atoms with E-state index >= 15 is 0 Å². The van der Waals surface area contributed by atoms with Crippen LogP contribution in [-0.4, -0.2) is 27.1 Å². The number of benzene rings is 1. The third-order valence-corrected chi connectivity index (χ3v) is 6.26. The molecular formula is C21H18F3N5OS. The smallest absolute Gasteiger partial charge is 0.312 e. The van der Waals surface area contributed by atoms with Gasteiger partial charge >= 0.3 is 6.18 Å². The highest BCUT2D eigenvalue weighted by molar-refractivity contribution is 7.16. The van der Waals surface area contributed by atoms with Gasteiger partial charge in [-0.2, -0.15) is 23.5 Å². The van der Waals surface area contributed by atoms with E-state index < -0.39 is 11.7 Å². The van der Waals surface area contributed by atoms with E-state index in [2.05, 4.69) is 21.4 Å². The van der Waals surface area contributed by atoms with Gasteiger partial charge in [0.25, 0.3) is 5.91 Å². The molecule has 31 heavy (non-hydrogen) atoms. The van der Waals surface area contributed by atoms with E-state index in [9.17, 15) is 23.2 Å². The van der Waals surface area contributed by atoms with Crippen LogP contribution in [-0.2, 0) is 32.7 Å². The lowest BCUT2D eigenvalue weighted by molar-refractivity contribution is -0.137. The zero-order valence-electron chi connectivity index (χ0n) is 16.5. The minimum atomic E-state index is -4.35. The molecule has 1 aliphatic heterocycles. The molecule has 1 aromatic carbocycles. The molecule has 0 aliphatic carbocycles. The Balaban J connectivity index is 1.48. The zero-order valence-corrected chi connectivity index (χ0v) is 17.3. The molecule has 0 saturated heterocycles. The lowest BCUT2D eigenvalue weighted by Gasteiger charge is -2.26. The maximum Gasteiger partial charge on any atom is 0.416 e. The van der Waals surface area contributed by atoms with Gasteiger partial charge < -0.3 is 5.32 Å². The van der Waals surface area contributed by atoms with Gasteiger partial charge in [0, 0.05) is 37.8 Å². The van der Waals surface area contributed by atoms with Crippen LogP contribution >= 0.6 is 11.3 Å². The van der Waals surface area contributed by atoms with Crippen molar-refractivity contribution >= 4 is 22.2 Å². The summed E-state index contributed by atoms with van der Waals surface area (Å²) in [6.45, 7) is 1.75. The summed E-state index contributed by atoms with van der Waals surface area (Å²) >= 11 is 1.36. The molecule has 160 valence electrons. The molecule has 0 radical (unpaired) electrons. The first-order chi connectivity index (χ1) is 14.7. The number of amides is 1. The standard InChI is InChI=1S/C21H18F3N5OS/c1-28-11-14(9-26-28)19(30)27-20-17(8-25)16-6-7-29(12-18(16)31-20)10-13-2-4-15(5-3-13)21(22,23)24/h2-5,9,11H,6-7,10,12H2,1H3,(H,27,30). The van der Waals surface area contributed by atoms with E-state index in [0.29, 0.717) is 42.2 Å². The minimum Gasteiger partial charge on any atom is -0.312 e. The highest BCUT2D eigenvalue weighted by Gasteiger charge is 2.30. The summed E-state index contributed by atoms with van der Waals surface area (Å²) in [4.78, 5) is 15.6. The van der Waals surface area contributed by atoms with Gasteiger partial charge in [0.1, 0.15) is 11.1 Å². The first kappa shape index (κ1) is 21.1. The van der Waals surface area contributed by atoms with Crippen molar-refractivity contribution in [1.29, 1.82) is 5.26 Å². The fourth-order valence-corrected chi connectivity index (χ4v) is 4.80. The van der Waals surface area contributed by atoms with Crippen LogP contribution in [0, 0.1) is 11.3 Å². The van der Waals surface area contributed by atoms with Crippen LogP contribution in [0.3, 0.4) is 0 Å². The van der Waals surface area contributed by atoms with Crippen molar-refractivity contribution in [1.82, 2.24) is 14.7 Å². The third-order valence-electron chi connectivity index (χ3n) is 5.13. The van der Waals surface area contributed by atoms with Crippen molar-refractivity contribution in [2.45, 2.75) is 25.7 Å². The number of nitriles is 1. The molecule has 0 fully saturated rings. The van der Waals surface area contributed by atoms with Crippen molar-refractivity contribution in [3.63, 3.8) is 0 Å². The second-order valence-corrected chi connectivity index (χ2v) is 8.44. The number of carbonyl (C=O) groups excluding carboxylic acids is 1. The Morgan fingerprint density at radius 2 is 2.06 bits per heavy atom. The zero-order chi connectivity index (χ0) is 22.2. The van der Waals surface area contributed by atoms with Crippen LogP contribution in [0.15, 0.2) is 36.7 Å². The molecule has 6 nitrogen and oxygen atoms in total. The predicted octanol–water partition coefficient (Wildman–Crippen LogP) is 4.18. The number of hydrogen-bond donors (Lipinski definition) is 1. The Morgan fingerprint density at radius 1 is 1.32 bits per heavy atom. The van der Waals surface area contributed by atoms with Crippen LogP contribution < -0.4 is 5.32 Å². The van der Waals surface area contributed by atoms with Crippen LogP contribution in [0.5, 0.6) is 0 Å².